The van der Waals surface area contributed by atoms with E-state index in [-0.39, 0.29) is 6.04 Å². The van der Waals surface area contributed by atoms with E-state index >= 15 is 0 Å². The molecule has 88 valence electrons. The van der Waals surface area contributed by atoms with Crippen LogP contribution in [0.3, 0.4) is 0 Å². The van der Waals surface area contributed by atoms with E-state index < -0.39 is 0 Å². The van der Waals surface area contributed by atoms with Crippen LogP contribution in [0.1, 0.15) is 24.4 Å². The summed E-state index contributed by atoms with van der Waals surface area (Å²) in [6, 6.07) is 8.26. The third kappa shape index (κ3) is 1.96. The first kappa shape index (κ1) is 10.8. The molecule has 0 fully saturated rings. The van der Waals surface area contributed by atoms with Gasteiger partial charge in [0.2, 0.25) is 0 Å². The summed E-state index contributed by atoms with van der Waals surface area (Å²) in [5.74, 6) is 0.930. The SMILES string of the molecule is NC(C1=CCCCO1)c1csc2ccccc12. The van der Waals surface area contributed by atoms with Crippen molar-refractivity contribution in [2.75, 3.05) is 6.61 Å². The van der Waals surface area contributed by atoms with Crippen LogP contribution in [0.25, 0.3) is 10.1 Å². The molecule has 0 spiro atoms. The van der Waals surface area contributed by atoms with Gasteiger partial charge < -0.3 is 10.5 Å². The molecule has 2 aromatic rings. The molecule has 1 unspecified atom stereocenters. The molecule has 1 aliphatic rings. The Bertz CT molecular complexity index is 558. The molecular formula is C14H15NOS. The summed E-state index contributed by atoms with van der Waals surface area (Å²) in [4.78, 5) is 0. The second-order valence-corrected chi connectivity index (χ2v) is 5.17. The summed E-state index contributed by atoms with van der Waals surface area (Å²) in [7, 11) is 0. The highest BCUT2D eigenvalue weighted by Crippen LogP contribution is 2.33. The maximum absolute atomic E-state index is 6.29. The molecule has 0 saturated carbocycles. The molecule has 2 N–H and O–H groups in total. The van der Waals surface area contributed by atoms with Crippen molar-refractivity contribution in [1.82, 2.24) is 0 Å². The van der Waals surface area contributed by atoms with Crippen molar-refractivity contribution in [2.24, 2.45) is 5.73 Å². The van der Waals surface area contributed by atoms with Gasteiger partial charge in [-0.2, -0.15) is 0 Å². The van der Waals surface area contributed by atoms with Gasteiger partial charge in [-0.25, -0.2) is 0 Å². The fraction of sp³-hybridized carbons (Fsp3) is 0.286. The molecule has 1 aromatic heterocycles. The second kappa shape index (κ2) is 4.51. The van der Waals surface area contributed by atoms with Crippen LogP contribution in [0.5, 0.6) is 0 Å². The van der Waals surface area contributed by atoms with E-state index in [0.717, 1.165) is 25.2 Å². The monoisotopic (exact) mass is 245 g/mol. The summed E-state index contributed by atoms with van der Waals surface area (Å²) in [5.41, 5.74) is 7.47. The number of thiophene rings is 1. The zero-order chi connectivity index (χ0) is 11.7. The normalized spacial score (nSPS) is 17.6. The minimum atomic E-state index is -0.119. The van der Waals surface area contributed by atoms with Crippen molar-refractivity contribution < 1.29 is 4.74 Å². The maximum Gasteiger partial charge on any atom is 0.113 e. The van der Waals surface area contributed by atoms with Gasteiger partial charge in [0.05, 0.1) is 12.6 Å². The predicted octanol–water partition coefficient (Wildman–Crippen LogP) is 3.60. The zero-order valence-electron chi connectivity index (χ0n) is 9.56. The number of benzene rings is 1. The van der Waals surface area contributed by atoms with Gasteiger partial charge in [-0.05, 0) is 41.3 Å². The quantitative estimate of drug-likeness (QED) is 0.877. The van der Waals surface area contributed by atoms with Crippen LogP contribution in [0.15, 0.2) is 41.5 Å². The zero-order valence-corrected chi connectivity index (χ0v) is 10.4. The maximum atomic E-state index is 6.29. The predicted molar refractivity (Wildman–Crippen MR) is 72.0 cm³/mol. The topological polar surface area (TPSA) is 35.2 Å². The first-order chi connectivity index (χ1) is 8.36. The largest absolute Gasteiger partial charge is 0.496 e. The third-order valence-corrected chi connectivity index (χ3v) is 4.10. The summed E-state index contributed by atoms with van der Waals surface area (Å²) >= 11 is 1.74. The number of rotatable bonds is 2. The highest BCUT2D eigenvalue weighted by Gasteiger charge is 2.18. The Morgan fingerprint density at radius 3 is 3.00 bits per heavy atom. The first-order valence-corrected chi connectivity index (χ1v) is 6.79. The lowest BCUT2D eigenvalue weighted by molar-refractivity contribution is 0.176. The van der Waals surface area contributed by atoms with E-state index in [1.807, 2.05) is 0 Å². The molecule has 1 aliphatic heterocycles. The van der Waals surface area contributed by atoms with Crippen LogP contribution in [-0.2, 0) is 4.74 Å². The molecule has 0 aliphatic carbocycles. The van der Waals surface area contributed by atoms with E-state index in [0.29, 0.717) is 0 Å². The Morgan fingerprint density at radius 2 is 2.18 bits per heavy atom. The number of ether oxygens (including phenoxy) is 1. The molecule has 0 radical (unpaired) electrons. The van der Waals surface area contributed by atoms with Crippen molar-refractivity contribution in [1.29, 1.82) is 0 Å². The molecule has 0 saturated heterocycles. The first-order valence-electron chi connectivity index (χ1n) is 5.91. The molecule has 2 heterocycles. The van der Waals surface area contributed by atoms with E-state index in [1.165, 1.54) is 15.6 Å². The van der Waals surface area contributed by atoms with Gasteiger partial charge >= 0.3 is 0 Å². The highest BCUT2D eigenvalue weighted by molar-refractivity contribution is 7.17. The molecular weight excluding hydrogens is 230 g/mol. The van der Waals surface area contributed by atoms with E-state index in [1.54, 1.807) is 11.3 Å². The Hall–Kier alpha value is -1.32. The van der Waals surface area contributed by atoms with Gasteiger partial charge in [0.15, 0.2) is 0 Å². The smallest absolute Gasteiger partial charge is 0.113 e. The van der Waals surface area contributed by atoms with Crippen LogP contribution in [0, 0.1) is 0 Å². The van der Waals surface area contributed by atoms with Gasteiger partial charge in [0, 0.05) is 4.70 Å². The molecule has 1 atom stereocenters. The Balaban J connectivity index is 2.00. The van der Waals surface area contributed by atoms with Gasteiger partial charge in [-0.15, -0.1) is 11.3 Å². The van der Waals surface area contributed by atoms with Crippen molar-refractivity contribution in [3.63, 3.8) is 0 Å². The second-order valence-electron chi connectivity index (χ2n) is 4.26. The lowest BCUT2D eigenvalue weighted by Crippen LogP contribution is -2.17. The molecule has 2 nitrogen and oxygen atoms in total. The van der Waals surface area contributed by atoms with Gasteiger partial charge in [-0.3, -0.25) is 0 Å². The molecule has 3 heteroatoms. The molecule has 17 heavy (non-hydrogen) atoms. The fourth-order valence-corrected chi connectivity index (χ4v) is 3.18. The summed E-state index contributed by atoms with van der Waals surface area (Å²) < 4.78 is 6.94. The van der Waals surface area contributed by atoms with Crippen LogP contribution in [-0.4, -0.2) is 6.61 Å². The van der Waals surface area contributed by atoms with Crippen molar-refractivity contribution >= 4 is 21.4 Å². The summed E-state index contributed by atoms with van der Waals surface area (Å²) in [6.45, 7) is 0.793. The molecule has 1 aromatic carbocycles. The number of nitrogens with two attached hydrogens (primary N) is 1. The van der Waals surface area contributed by atoms with E-state index in [2.05, 4.69) is 35.7 Å². The summed E-state index contributed by atoms with van der Waals surface area (Å²) in [6.07, 6.45) is 4.30. The average molecular weight is 245 g/mol. The van der Waals surface area contributed by atoms with Crippen LogP contribution >= 0.6 is 11.3 Å². The highest BCUT2D eigenvalue weighted by atomic mass is 32.1. The van der Waals surface area contributed by atoms with Crippen LogP contribution in [0.2, 0.25) is 0 Å². The molecule has 0 amide bonds. The Labute approximate surface area is 105 Å². The van der Waals surface area contributed by atoms with Crippen molar-refractivity contribution in [3.8, 4) is 0 Å². The summed E-state index contributed by atoms with van der Waals surface area (Å²) in [5, 5.41) is 3.40. The standard InChI is InChI=1S/C14H15NOS/c15-14(12-6-3-4-8-16-12)11-9-17-13-7-2-1-5-10(11)13/h1-2,5-7,9,14H,3-4,8,15H2. The van der Waals surface area contributed by atoms with Crippen molar-refractivity contribution in [2.45, 2.75) is 18.9 Å². The number of hydrogen-bond acceptors (Lipinski definition) is 3. The van der Waals surface area contributed by atoms with Crippen molar-refractivity contribution in [3.05, 3.63) is 47.0 Å². The van der Waals surface area contributed by atoms with E-state index in [9.17, 15) is 0 Å². The Morgan fingerprint density at radius 1 is 1.29 bits per heavy atom. The molecule has 3 rings (SSSR count). The van der Waals surface area contributed by atoms with Crippen LogP contribution < -0.4 is 5.73 Å². The average Bonchev–Trinajstić information content (AvgIpc) is 2.83. The van der Waals surface area contributed by atoms with Crippen LogP contribution in [0.4, 0.5) is 0 Å². The minimum Gasteiger partial charge on any atom is -0.496 e. The number of hydrogen-bond donors (Lipinski definition) is 1. The third-order valence-electron chi connectivity index (χ3n) is 3.12. The minimum absolute atomic E-state index is 0.119. The molecule has 0 bridgehead atoms. The van der Waals surface area contributed by atoms with Gasteiger partial charge in [0.25, 0.3) is 0 Å². The van der Waals surface area contributed by atoms with E-state index in [4.69, 9.17) is 10.5 Å². The number of allylic oxidation sites excluding steroid dienone is 1. The van der Waals surface area contributed by atoms with Gasteiger partial charge in [0.1, 0.15) is 5.76 Å². The number of fused-ring (bicyclic) bond motifs is 1. The van der Waals surface area contributed by atoms with Gasteiger partial charge in [-0.1, -0.05) is 18.2 Å². The lowest BCUT2D eigenvalue weighted by atomic mass is 10.0. The fourth-order valence-electron chi connectivity index (χ4n) is 2.19. The lowest BCUT2D eigenvalue weighted by Gasteiger charge is -2.20. The Kier molecular flexibility index (Phi) is 2.87.